The molecular weight excluding hydrogens is 333 g/mol. The Bertz CT molecular complexity index is 628. The Morgan fingerprint density at radius 3 is 2.52 bits per heavy atom. The molecule has 0 aliphatic heterocycles. The van der Waals surface area contributed by atoms with E-state index in [4.69, 9.17) is 4.74 Å². The third-order valence-corrected chi connectivity index (χ3v) is 3.65. The normalized spacial score (nSPS) is 11.0. The standard InChI is InChI=1S/C17H19BrFNO/c1-11(2)20-10-13-8-12(3)4-6-16(13)21-17-7-5-14(19)9-15(17)18/h4-9,11,20H,10H2,1-3H3. The molecule has 1 N–H and O–H groups in total. The van der Waals surface area contributed by atoms with Crippen LogP contribution in [-0.4, -0.2) is 6.04 Å². The van der Waals surface area contributed by atoms with Gasteiger partial charge in [-0.1, -0.05) is 31.5 Å². The number of hydrogen-bond donors (Lipinski definition) is 1. The molecule has 4 heteroatoms. The lowest BCUT2D eigenvalue weighted by molar-refractivity contribution is 0.464. The van der Waals surface area contributed by atoms with Gasteiger partial charge < -0.3 is 10.1 Å². The maximum atomic E-state index is 13.1. The van der Waals surface area contributed by atoms with Crippen molar-refractivity contribution in [2.45, 2.75) is 33.4 Å². The zero-order valence-corrected chi connectivity index (χ0v) is 14.0. The van der Waals surface area contributed by atoms with Gasteiger partial charge in [0.1, 0.15) is 17.3 Å². The van der Waals surface area contributed by atoms with Crippen molar-refractivity contribution in [2.75, 3.05) is 0 Å². The molecule has 0 radical (unpaired) electrons. The van der Waals surface area contributed by atoms with Crippen molar-refractivity contribution in [2.24, 2.45) is 0 Å². The molecule has 0 atom stereocenters. The Morgan fingerprint density at radius 1 is 1.14 bits per heavy atom. The van der Waals surface area contributed by atoms with Gasteiger partial charge in [0.05, 0.1) is 4.47 Å². The van der Waals surface area contributed by atoms with Crippen molar-refractivity contribution in [3.8, 4) is 11.5 Å². The molecule has 0 aliphatic carbocycles. The van der Waals surface area contributed by atoms with Crippen molar-refractivity contribution in [1.29, 1.82) is 0 Å². The summed E-state index contributed by atoms with van der Waals surface area (Å²) < 4.78 is 19.7. The molecular formula is C17H19BrFNO. The minimum atomic E-state index is -0.292. The van der Waals surface area contributed by atoms with Crippen molar-refractivity contribution in [1.82, 2.24) is 5.32 Å². The molecule has 2 aromatic carbocycles. The average molecular weight is 352 g/mol. The van der Waals surface area contributed by atoms with E-state index in [1.807, 2.05) is 12.1 Å². The molecule has 0 heterocycles. The number of halogens is 2. The van der Waals surface area contributed by atoms with Gasteiger partial charge in [0.25, 0.3) is 0 Å². The van der Waals surface area contributed by atoms with Gasteiger partial charge in [-0.3, -0.25) is 0 Å². The lowest BCUT2D eigenvalue weighted by Crippen LogP contribution is -2.22. The minimum Gasteiger partial charge on any atom is -0.456 e. The summed E-state index contributed by atoms with van der Waals surface area (Å²) in [6, 6.07) is 10.9. The third-order valence-electron chi connectivity index (χ3n) is 3.03. The smallest absolute Gasteiger partial charge is 0.141 e. The number of ether oxygens (including phenoxy) is 1. The van der Waals surface area contributed by atoms with Crippen LogP contribution in [0.25, 0.3) is 0 Å². The predicted octanol–water partition coefficient (Wildman–Crippen LogP) is 5.19. The van der Waals surface area contributed by atoms with Crippen LogP contribution in [0, 0.1) is 12.7 Å². The Kier molecular flexibility index (Phi) is 5.37. The molecule has 0 amide bonds. The summed E-state index contributed by atoms with van der Waals surface area (Å²) in [6.07, 6.45) is 0. The van der Waals surface area contributed by atoms with Gasteiger partial charge in [-0.25, -0.2) is 4.39 Å². The molecule has 0 fully saturated rings. The molecule has 0 unspecified atom stereocenters. The second kappa shape index (κ2) is 7.05. The summed E-state index contributed by atoms with van der Waals surface area (Å²) in [5.74, 6) is 1.09. The summed E-state index contributed by atoms with van der Waals surface area (Å²) in [5, 5.41) is 3.39. The Morgan fingerprint density at radius 2 is 1.86 bits per heavy atom. The first-order chi connectivity index (χ1) is 9.95. The fourth-order valence-electron chi connectivity index (χ4n) is 1.94. The second-order valence-electron chi connectivity index (χ2n) is 5.32. The van der Waals surface area contributed by atoms with Crippen LogP contribution < -0.4 is 10.1 Å². The molecule has 112 valence electrons. The van der Waals surface area contributed by atoms with Crippen molar-refractivity contribution in [3.63, 3.8) is 0 Å². The van der Waals surface area contributed by atoms with Crippen LogP contribution in [0.5, 0.6) is 11.5 Å². The SMILES string of the molecule is Cc1ccc(Oc2ccc(F)cc2Br)c(CNC(C)C)c1. The summed E-state index contributed by atoms with van der Waals surface area (Å²) in [6.45, 7) is 6.99. The van der Waals surface area contributed by atoms with Crippen LogP contribution in [0.4, 0.5) is 4.39 Å². The zero-order chi connectivity index (χ0) is 15.4. The molecule has 0 aromatic heterocycles. The summed E-state index contributed by atoms with van der Waals surface area (Å²) in [4.78, 5) is 0. The monoisotopic (exact) mass is 351 g/mol. The Balaban J connectivity index is 2.26. The van der Waals surface area contributed by atoms with Crippen LogP contribution in [-0.2, 0) is 6.54 Å². The lowest BCUT2D eigenvalue weighted by atomic mass is 10.1. The zero-order valence-electron chi connectivity index (χ0n) is 12.4. The van der Waals surface area contributed by atoms with Crippen LogP contribution in [0.2, 0.25) is 0 Å². The highest BCUT2D eigenvalue weighted by atomic mass is 79.9. The average Bonchev–Trinajstić information content (AvgIpc) is 2.41. The van der Waals surface area contributed by atoms with E-state index in [1.54, 1.807) is 6.07 Å². The van der Waals surface area contributed by atoms with E-state index in [2.05, 4.69) is 48.1 Å². The fraction of sp³-hybridized carbons (Fsp3) is 0.294. The maximum absolute atomic E-state index is 13.1. The van der Waals surface area contributed by atoms with Gasteiger partial charge >= 0.3 is 0 Å². The maximum Gasteiger partial charge on any atom is 0.141 e. The van der Waals surface area contributed by atoms with E-state index < -0.39 is 0 Å². The molecule has 2 nitrogen and oxygen atoms in total. The molecule has 0 bridgehead atoms. The topological polar surface area (TPSA) is 21.3 Å². The first-order valence-corrected chi connectivity index (χ1v) is 7.71. The van der Waals surface area contributed by atoms with E-state index in [0.717, 1.165) is 17.9 Å². The van der Waals surface area contributed by atoms with Gasteiger partial charge in [0, 0.05) is 18.2 Å². The van der Waals surface area contributed by atoms with Gasteiger partial charge in [-0.2, -0.15) is 0 Å². The second-order valence-corrected chi connectivity index (χ2v) is 6.18. The van der Waals surface area contributed by atoms with E-state index in [9.17, 15) is 4.39 Å². The Hall–Kier alpha value is -1.39. The van der Waals surface area contributed by atoms with E-state index in [0.29, 0.717) is 16.3 Å². The Labute approximate surface area is 133 Å². The van der Waals surface area contributed by atoms with E-state index in [-0.39, 0.29) is 5.82 Å². The molecule has 2 aromatic rings. The van der Waals surface area contributed by atoms with Crippen LogP contribution in [0.15, 0.2) is 40.9 Å². The van der Waals surface area contributed by atoms with Crippen LogP contribution in [0.1, 0.15) is 25.0 Å². The molecule has 0 saturated heterocycles. The summed E-state index contributed by atoms with van der Waals surface area (Å²) in [5.41, 5.74) is 2.26. The number of aryl methyl sites for hydroxylation is 1. The number of rotatable bonds is 5. The van der Waals surface area contributed by atoms with Crippen LogP contribution >= 0.6 is 15.9 Å². The van der Waals surface area contributed by atoms with E-state index >= 15 is 0 Å². The van der Waals surface area contributed by atoms with Crippen LogP contribution in [0.3, 0.4) is 0 Å². The molecule has 0 spiro atoms. The first-order valence-electron chi connectivity index (χ1n) is 6.91. The van der Waals surface area contributed by atoms with Gasteiger partial charge in [-0.05, 0) is 47.1 Å². The molecule has 0 aliphatic rings. The van der Waals surface area contributed by atoms with Gasteiger partial charge in [-0.15, -0.1) is 0 Å². The summed E-state index contributed by atoms with van der Waals surface area (Å²) >= 11 is 3.33. The van der Waals surface area contributed by atoms with Gasteiger partial charge in [0.15, 0.2) is 0 Å². The highest BCUT2D eigenvalue weighted by Gasteiger charge is 2.09. The van der Waals surface area contributed by atoms with Crippen molar-refractivity contribution >= 4 is 15.9 Å². The van der Waals surface area contributed by atoms with Crippen molar-refractivity contribution < 1.29 is 9.13 Å². The number of hydrogen-bond acceptors (Lipinski definition) is 2. The first kappa shape index (κ1) is 16.0. The number of nitrogens with one attached hydrogen (secondary N) is 1. The number of benzene rings is 2. The van der Waals surface area contributed by atoms with Gasteiger partial charge in [0.2, 0.25) is 0 Å². The molecule has 2 rings (SSSR count). The largest absolute Gasteiger partial charge is 0.456 e. The quantitative estimate of drug-likeness (QED) is 0.800. The lowest BCUT2D eigenvalue weighted by Gasteiger charge is -2.15. The predicted molar refractivity (Wildman–Crippen MR) is 87.3 cm³/mol. The molecule has 21 heavy (non-hydrogen) atoms. The molecule has 0 saturated carbocycles. The highest BCUT2D eigenvalue weighted by molar-refractivity contribution is 9.10. The van der Waals surface area contributed by atoms with Crippen molar-refractivity contribution in [3.05, 3.63) is 57.8 Å². The fourth-order valence-corrected chi connectivity index (χ4v) is 2.37. The third kappa shape index (κ3) is 4.55. The summed E-state index contributed by atoms with van der Waals surface area (Å²) in [7, 11) is 0. The minimum absolute atomic E-state index is 0.292. The highest BCUT2D eigenvalue weighted by Crippen LogP contribution is 2.32. The van der Waals surface area contributed by atoms with E-state index in [1.165, 1.54) is 17.7 Å².